The van der Waals surface area contributed by atoms with E-state index in [-0.39, 0.29) is 12.4 Å². The number of aliphatic hydroxyl groups is 1. The Labute approximate surface area is 99.9 Å². The van der Waals surface area contributed by atoms with Crippen molar-refractivity contribution in [3.05, 3.63) is 59.9 Å². The second kappa shape index (κ2) is 4.97. The molecule has 2 nitrogen and oxygen atoms in total. The van der Waals surface area contributed by atoms with E-state index >= 15 is 0 Å². The minimum Gasteiger partial charge on any atom is -0.392 e. The van der Waals surface area contributed by atoms with Crippen LogP contribution in [0, 0.1) is 5.82 Å². The molecule has 0 heterocycles. The summed E-state index contributed by atoms with van der Waals surface area (Å²) < 4.78 is 12.8. The van der Waals surface area contributed by atoms with E-state index in [0.29, 0.717) is 0 Å². The van der Waals surface area contributed by atoms with Gasteiger partial charge in [0.25, 0.3) is 0 Å². The summed E-state index contributed by atoms with van der Waals surface area (Å²) in [6, 6.07) is 13.9. The molecule has 1 N–H and O–H groups in total. The summed E-state index contributed by atoms with van der Waals surface area (Å²) in [4.78, 5) is 1.96. The Morgan fingerprint density at radius 3 is 1.88 bits per heavy atom. The molecule has 0 saturated heterocycles. The summed E-state index contributed by atoms with van der Waals surface area (Å²) in [6.45, 7) is 0.0422. The minimum atomic E-state index is -0.238. The second-order valence-electron chi connectivity index (χ2n) is 3.86. The fraction of sp³-hybridized carbons (Fsp3) is 0.143. The molecule has 88 valence electrons. The van der Waals surface area contributed by atoms with Crippen LogP contribution in [0.25, 0.3) is 0 Å². The summed E-state index contributed by atoms with van der Waals surface area (Å²) in [5, 5.41) is 8.96. The maximum absolute atomic E-state index is 12.8. The molecule has 2 aromatic rings. The van der Waals surface area contributed by atoms with Gasteiger partial charge in [-0.3, -0.25) is 0 Å². The number of benzene rings is 2. The maximum Gasteiger partial charge on any atom is 0.123 e. The molecule has 0 aromatic heterocycles. The predicted octanol–water partition coefficient (Wildman–Crippen LogP) is 3.09. The van der Waals surface area contributed by atoms with Crippen LogP contribution < -0.4 is 4.90 Å². The molecule has 3 heteroatoms. The van der Waals surface area contributed by atoms with Gasteiger partial charge in [0.1, 0.15) is 5.82 Å². The van der Waals surface area contributed by atoms with E-state index in [1.54, 1.807) is 12.1 Å². The van der Waals surface area contributed by atoms with Crippen molar-refractivity contribution in [2.75, 3.05) is 11.9 Å². The lowest BCUT2D eigenvalue weighted by Gasteiger charge is -2.19. The highest BCUT2D eigenvalue weighted by atomic mass is 19.1. The number of rotatable bonds is 3. The third kappa shape index (κ3) is 2.63. The summed E-state index contributed by atoms with van der Waals surface area (Å²) in [5.41, 5.74) is 2.79. The van der Waals surface area contributed by atoms with Crippen LogP contribution in [0.2, 0.25) is 0 Å². The summed E-state index contributed by atoms with van der Waals surface area (Å²) >= 11 is 0. The zero-order valence-electron chi connectivity index (χ0n) is 9.60. The first-order valence-corrected chi connectivity index (χ1v) is 5.40. The van der Waals surface area contributed by atoms with E-state index in [1.807, 2.05) is 36.2 Å². The Bertz CT molecular complexity index is 479. The first-order valence-electron chi connectivity index (χ1n) is 5.40. The van der Waals surface area contributed by atoms with E-state index in [1.165, 1.54) is 12.1 Å². The maximum atomic E-state index is 12.8. The SMILES string of the molecule is CN(c1ccc(F)cc1)c1ccc(CO)cc1. The Hall–Kier alpha value is -1.87. The van der Waals surface area contributed by atoms with Crippen molar-refractivity contribution >= 4 is 11.4 Å². The minimum absolute atomic E-state index is 0.0422. The summed E-state index contributed by atoms with van der Waals surface area (Å²) in [6.07, 6.45) is 0. The van der Waals surface area contributed by atoms with Gasteiger partial charge in [-0.15, -0.1) is 0 Å². The first kappa shape index (κ1) is 11.6. The van der Waals surface area contributed by atoms with Gasteiger partial charge in [-0.2, -0.15) is 0 Å². The molecule has 0 spiro atoms. The highest BCUT2D eigenvalue weighted by molar-refractivity contribution is 5.62. The largest absolute Gasteiger partial charge is 0.392 e. The van der Waals surface area contributed by atoms with Crippen LogP contribution in [-0.2, 0) is 6.61 Å². The highest BCUT2D eigenvalue weighted by Crippen LogP contribution is 2.23. The van der Waals surface area contributed by atoms with E-state index in [0.717, 1.165) is 16.9 Å². The van der Waals surface area contributed by atoms with Crippen LogP contribution >= 0.6 is 0 Å². The van der Waals surface area contributed by atoms with Crippen molar-refractivity contribution in [3.8, 4) is 0 Å². The number of halogens is 1. The van der Waals surface area contributed by atoms with Crippen molar-refractivity contribution in [2.24, 2.45) is 0 Å². The van der Waals surface area contributed by atoms with Crippen molar-refractivity contribution in [1.29, 1.82) is 0 Å². The molecular formula is C14H14FNO. The number of nitrogens with zero attached hydrogens (tertiary/aromatic N) is 1. The lowest BCUT2D eigenvalue weighted by atomic mass is 10.2. The molecule has 0 amide bonds. The first-order chi connectivity index (χ1) is 8.20. The average molecular weight is 231 g/mol. The van der Waals surface area contributed by atoms with Gasteiger partial charge < -0.3 is 10.0 Å². The Balaban J connectivity index is 2.23. The van der Waals surface area contributed by atoms with Crippen LogP contribution in [0.5, 0.6) is 0 Å². The molecule has 0 aliphatic heterocycles. The van der Waals surface area contributed by atoms with Crippen molar-refractivity contribution in [2.45, 2.75) is 6.61 Å². The van der Waals surface area contributed by atoms with Gasteiger partial charge >= 0.3 is 0 Å². The third-order valence-corrected chi connectivity index (χ3v) is 2.72. The molecule has 17 heavy (non-hydrogen) atoms. The normalized spacial score (nSPS) is 10.3. The molecular weight excluding hydrogens is 217 g/mol. The Morgan fingerprint density at radius 2 is 1.41 bits per heavy atom. The second-order valence-corrected chi connectivity index (χ2v) is 3.86. The Morgan fingerprint density at radius 1 is 0.941 bits per heavy atom. The van der Waals surface area contributed by atoms with E-state index in [9.17, 15) is 4.39 Å². The van der Waals surface area contributed by atoms with Crippen molar-refractivity contribution in [1.82, 2.24) is 0 Å². The van der Waals surface area contributed by atoms with Crippen LogP contribution in [0.4, 0.5) is 15.8 Å². The number of hydrogen-bond acceptors (Lipinski definition) is 2. The standard InChI is InChI=1S/C14H14FNO/c1-16(14-8-4-12(15)5-9-14)13-6-2-11(10-17)3-7-13/h2-9,17H,10H2,1H3. The van der Waals surface area contributed by atoms with Crippen LogP contribution in [-0.4, -0.2) is 12.2 Å². The number of aliphatic hydroxyl groups excluding tert-OH is 1. The molecule has 2 rings (SSSR count). The highest BCUT2D eigenvalue weighted by Gasteiger charge is 2.03. The van der Waals surface area contributed by atoms with Gasteiger partial charge in [-0.05, 0) is 42.0 Å². The molecule has 0 atom stereocenters. The van der Waals surface area contributed by atoms with Crippen molar-refractivity contribution < 1.29 is 9.50 Å². The third-order valence-electron chi connectivity index (χ3n) is 2.72. The summed E-state index contributed by atoms with van der Waals surface area (Å²) in [7, 11) is 1.92. The van der Waals surface area contributed by atoms with E-state index < -0.39 is 0 Å². The van der Waals surface area contributed by atoms with Crippen LogP contribution in [0.3, 0.4) is 0 Å². The number of hydrogen-bond donors (Lipinski definition) is 1. The van der Waals surface area contributed by atoms with Gasteiger partial charge in [-0.1, -0.05) is 12.1 Å². The molecule has 0 saturated carbocycles. The fourth-order valence-corrected chi connectivity index (χ4v) is 1.64. The molecule has 0 unspecified atom stereocenters. The summed E-state index contributed by atoms with van der Waals surface area (Å²) in [5.74, 6) is -0.238. The van der Waals surface area contributed by atoms with E-state index in [2.05, 4.69) is 0 Å². The smallest absolute Gasteiger partial charge is 0.123 e. The van der Waals surface area contributed by atoms with Gasteiger partial charge in [0.05, 0.1) is 6.61 Å². The molecule has 2 aromatic carbocycles. The van der Waals surface area contributed by atoms with Crippen LogP contribution in [0.1, 0.15) is 5.56 Å². The van der Waals surface area contributed by atoms with Gasteiger partial charge in [0, 0.05) is 18.4 Å². The molecule has 0 bridgehead atoms. The topological polar surface area (TPSA) is 23.5 Å². The van der Waals surface area contributed by atoms with Crippen LogP contribution in [0.15, 0.2) is 48.5 Å². The zero-order valence-corrected chi connectivity index (χ0v) is 9.60. The zero-order chi connectivity index (χ0) is 12.3. The van der Waals surface area contributed by atoms with E-state index in [4.69, 9.17) is 5.11 Å². The van der Waals surface area contributed by atoms with Gasteiger partial charge in [0.15, 0.2) is 0 Å². The molecule has 0 aliphatic carbocycles. The number of anilines is 2. The predicted molar refractivity (Wildman–Crippen MR) is 66.8 cm³/mol. The van der Waals surface area contributed by atoms with Gasteiger partial charge in [0.2, 0.25) is 0 Å². The Kier molecular flexibility index (Phi) is 3.40. The lowest BCUT2D eigenvalue weighted by Crippen LogP contribution is -2.09. The fourth-order valence-electron chi connectivity index (χ4n) is 1.64. The van der Waals surface area contributed by atoms with Gasteiger partial charge in [-0.25, -0.2) is 4.39 Å². The quantitative estimate of drug-likeness (QED) is 0.877. The lowest BCUT2D eigenvalue weighted by molar-refractivity contribution is 0.282. The molecule has 0 radical (unpaired) electrons. The van der Waals surface area contributed by atoms with Crippen molar-refractivity contribution in [3.63, 3.8) is 0 Å². The monoisotopic (exact) mass is 231 g/mol. The molecule has 0 fully saturated rings. The average Bonchev–Trinajstić information content (AvgIpc) is 2.39. The molecule has 0 aliphatic rings.